The summed E-state index contributed by atoms with van der Waals surface area (Å²) in [6.45, 7) is 8.11. The van der Waals surface area contributed by atoms with E-state index < -0.39 is 0 Å². The third-order valence-electron chi connectivity index (χ3n) is 3.79. The average Bonchev–Trinajstić information content (AvgIpc) is 2.87. The Morgan fingerprint density at radius 1 is 1.24 bits per heavy atom. The van der Waals surface area contributed by atoms with Crippen LogP contribution in [-0.4, -0.2) is 39.4 Å². The maximum atomic E-state index is 12.5. The second-order valence-corrected chi connectivity index (χ2v) is 5.41. The number of benzene rings is 1. The Hall–Kier alpha value is -3.18. The zero-order valence-electron chi connectivity index (χ0n) is 14.0. The second kappa shape index (κ2) is 7.15. The lowest BCUT2D eigenvalue weighted by Gasteiger charge is -2.05. The summed E-state index contributed by atoms with van der Waals surface area (Å²) in [6.07, 6.45) is 1.57. The van der Waals surface area contributed by atoms with Crippen molar-refractivity contribution in [2.75, 3.05) is 20.3 Å². The van der Waals surface area contributed by atoms with Crippen molar-refractivity contribution in [2.45, 2.75) is 6.54 Å². The van der Waals surface area contributed by atoms with Crippen LogP contribution in [0.1, 0.15) is 5.56 Å². The van der Waals surface area contributed by atoms with Gasteiger partial charge in [0.2, 0.25) is 0 Å². The summed E-state index contributed by atoms with van der Waals surface area (Å²) in [5.41, 5.74) is 2.41. The molecule has 0 unspecified atom stereocenters. The summed E-state index contributed by atoms with van der Waals surface area (Å²) < 4.78 is 13.4. The van der Waals surface area contributed by atoms with E-state index in [1.807, 2.05) is 12.1 Å². The van der Waals surface area contributed by atoms with Crippen molar-refractivity contribution < 1.29 is 9.47 Å². The molecule has 0 radical (unpaired) electrons. The van der Waals surface area contributed by atoms with Gasteiger partial charge in [-0.05, 0) is 5.56 Å². The summed E-state index contributed by atoms with van der Waals surface area (Å²) in [5, 5.41) is 0. The number of aromatic nitrogens is 4. The Kier molecular flexibility index (Phi) is 4.77. The Balaban J connectivity index is 1.97. The van der Waals surface area contributed by atoms with Crippen LogP contribution in [0.2, 0.25) is 0 Å². The van der Waals surface area contributed by atoms with Gasteiger partial charge in [-0.1, -0.05) is 24.3 Å². The maximum Gasteiger partial charge on any atom is 0.330 e. The zero-order chi connectivity index (χ0) is 17.8. The SMILES string of the molecule is [C-]#[N+]c1ccc(Cn2c(=O)n(C)c3cnc(OCCOC)nc32)cc1. The van der Waals surface area contributed by atoms with Crippen molar-refractivity contribution in [1.82, 2.24) is 19.1 Å². The largest absolute Gasteiger partial charge is 0.461 e. The molecule has 0 amide bonds. The minimum absolute atomic E-state index is 0.187. The lowest BCUT2D eigenvalue weighted by atomic mass is 10.2. The summed E-state index contributed by atoms with van der Waals surface area (Å²) in [5.74, 6) is 0. The number of ether oxygens (including phenoxy) is 2. The van der Waals surface area contributed by atoms with E-state index >= 15 is 0 Å². The molecule has 1 aromatic carbocycles. The number of fused-ring (bicyclic) bond motifs is 1. The fraction of sp³-hybridized carbons (Fsp3) is 0.294. The van der Waals surface area contributed by atoms with Crippen LogP contribution in [-0.2, 0) is 18.3 Å². The first-order valence-corrected chi connectivity index (χ1v) is 7.64. The molecule has 25 heavy (non-hydrogen) atoms. The van der Waals surface area contributed by atoms with Crippen molar-refractivity contribution in [2.24, 2.45) is 7.05 Å². The van der Waals surface area contributed by atoms with Gasteiger partial charge < -0.3 is 9.47 Å². The van der Waals surface area contributed by atoms with Gasteiger partial charge in [-0.2, -0.15) is 4.98 Å². The smallest absolute Gasteiger partial charge is 0.330 e. The maximum absolute atomic E-state index is 12.5. The topological polar surface area (TPSA) is 75.5 Å². The predicted molar refractivity (Wildman–Crippen MR) is 91.9 cm³/mol. The van der Waals surface area contributed by atoms with E-state index in [1.165, 1.54) is 4.57 Å². The molecule has 2 heterocycles. The number of methoxy groups -OCH3 is 1. The summed E-state index contributed by atoms with van der Waals surface area (Å²) >= 11 is 0. The number of hydrogen-bond donors (Lipinski definition) is 0. The summed E-state index contributed by atoms with van der Waals surface area (Å²) in [6, 6.07) is 7.32. The molecule has 8 heteroatoms. The molecular formula is C17H17N5O3. The molecule has 8 nitrogen and oxygen atoms in total. The minimum atomic E-state index is -0.187. The Bertz CT molecular complexity index is 982. The number of hydrogen-bond acceptors (Lipinski definition) is 5. The highest BCUT2D eigenvalue weighted by atomic mass is 16.5. The molecule has 0 aliphatic heterocycles. The van der Waals surface area contributed by atoms with E-state index in [4.69, 9.17) is 16.0 Å². The van der Waals surface area contributed by atoms with Crippen LogP contribution in [0.25, 0.3) is 16.0 Å². The first-order valence-electron chi connectivity index (χ1n) is 7.64. The molecule has 0 aliphatic rings. The van der Waals surface area contributed by atoms with Gasteiger partial charge in [0.05, 0.1) is 25.9 Å². The van der Waals surface area contributed by atoms with Gasteiger partial charge in [-0.3, -0.25) is 9.13 Å². The summed E-state index contributed by atoms with van der Waals surface area (Å²) in [7, 11) is 3.26. The Morgan fingerprint density at radius 3 is 2.68 bits per heavy atom. The first kappa shape index (κ1) is 16.7. The quantitative estimate of drug-likeness (QED) is 0.505. The van der Waals surface area contributed by atoms with Gasteiger partial charge in [0.15, 0.2) is 11.3 Å². The highest BCUT2D eigenvalue weighted by molar-refractivity contribution is 5.70. The van der Waals surface area contributed by atoms with Crippen molar-refractivity contribution in [1.29, 1.82) is 0 Å². The van der Waals surface area contributed by atoms with E-state index in [-0.39, 0.29) is 11.7 Å². The predicted octanol–water partition coefficient (Wildman–Crippen LogP) is 1.75. The molecule has 3 aromatic rings. The van der Waals surface area contributed by atoms with Gasteiger partial charge >= 0.3 is 11.7 Å². The van der Waals surface area contributed by atoms with Crippen molar-refractivity contribution >= 4 is 16.9 Å². The van der Waals surface area contributed by atoms with Crippen molar-refractivity contribution in [3.05, 3.63) is 57.9 Å². The number of aryl methyl sites for hydroxylation is 1. The summed E-state index contributed by atoms with van der Waals surface area (Å²) in [4.78, 5) is 24.4. The van der Waals surface area contributed by atoms with Gasteiger partial charge in [0.25, 0.3) is 0 Å². The van der Waals surface area contributed by atoms with Crippen molar-refractivity contribution in [3.8, 4) is 6.01 Å². The number of rotatable bonds is 6. The average molecular weight is 339 g/mol. The Labute approximate surface area is 144 Å². The van der Waals surface area contributed by atoms with Crippen LogP contribution in [0.4, 0.5) is 5.69 Å². The monoisotopic (exact) mass is 339 g/mol. The molecule has 0 N–H and O–H groups in total. The molecule has 0 fully saturated rings. The number of nitrogens with zero attached hydrogens (tertiary/aromatic N) is 5. The molecule has 0 spiro atoms. The van der Waals surface area contributed by atoms with Gasteiger partial charge in [-0.15, -0.1) is 0 Å². The number of imidazole rings is 1. The van der Waals surface area contributed by atoms with Crippen molar-refractivity contribution in [3.63, 3.8) is 0 Å². The highest BCUT2D eigenvalue weighted by Gasteiger charge is 2.14. The fourth-order valence-corrected chi connectivity index (χ4v) is 2.45. The molecule has 0 atom stereocenters. The second-order valence-electron chi connectivity index (χ2n) is 5.41. The molecule has 2 aromatic heterocycles. The molecule has 0 saturated carbocycles. The lowest BCUT2D eigenvalue weighted by Crippen LogP contribution is -2.22. The highest BCUT2D eigenvalue weighted by Crippen LogP contribution is 2.16. The van der Waals surface area contributed by atoms with Crippen LogP contribution in [0.5, 0.6) is 6.01 Å². The molecular weight excluding hydrogens is 322 g/mol. The fourth-order valence-electron chi connectivity index (χ4n) is 2.45. The van der Waals surface area contributed by atoms with Gasteiger partial charge in [0.1, 0.15) is 12.1 Å². The normalized spacial score (nSPS) is 10.8. The molecule has 0 bridgehead atoms. The standard InChI is InChI=1S/C17H17N5O3/c1-18-13-6-4-12(5-7-13)11-22-15-14(21(2)17(22)23)10-19-16(20-15)25-9-8-24-3/h4-7,10H,8-9,11H2,2-3H3. The van der Waals surface area contributed by atoms with E-state index in [9.17, 15) is 4.79 Å². The molecule has 3 rings (SSSR count). The van der Waals surface area contributed by atoms with E-state index in [1.54, 1.807) is 37.1 Å². The minimum Gasteiger partial charge on any atom is -0.461 e. The molecule has 0 aliphatic carbocycles. The van der Waals surface area contributed by atoms with E-state index in [2.05, 4.69) is 14.8 Å². The molecule has 128 valence electrons. The van der Waals surface area contributed by atoms with E-state index in [0.717, 1.165) is 5.56 Å². The van der Waals surface area contributed by atoms with Crippen LogP contribution in [0, 0.1) is 6.57 Å². The third kappa shape index (κ3) is 3.36. The zero-order valence-corrected chi connectivity index (χ0v) is 14.0. The third-order valence-corrected chi connectivity index (χ3v) is 3.79. The van der Waals surface area contributed by atoms with Crippen LogP contribution >= 0.6 is 0 Å². The lowest BCUT2D eigenvalue weighted by molar-refractivity contribution is 0.141. The van der Waals surface area contributed by atoms with Gasteiger partial charge in [-0.25, -0.2) is 14.6 Å². The van der Waals surface area contributed by atoms with Crippen LogP contribution < -0.4 is 10.4 Å². The van der Waals surface area contributed by atoms with Crippen LogP contribution in [0.3, 0.4) is 0 Å². The van der Waals surface area contributed by atoms with E-state index in [0.29, 0.717) is 36.6 Å². The van der Waals surface area contributed by atoms with Crippen LogP contribution in [0.15, 0.2) is 35.3 Å². The Morgan fingerprint density at radius 2 is 2.00 bits per heavy atom. The van der Waals surface area contributed by atoms with Gasteiger partial charge in [0, 0.05) is 14.2 Å². The first-order chi connectivity index (χ1) is 12.1. The molecule has 0 saturated heterocycles.